The normalized spacial score (nSPS) is 13.9. The molecule has 11 heteroatoms. The molecule has 0 unspecified atom stereocenters. The number of nitrogens with zero attached hydrogens (tertiary/aromatic N) is 3. The fourth-order valence-electron chi connectivity index (χ4n) is 2.15. The van der Waals surface area contributed by atoms with Gasteiger partial charge in [-0.05, 0) is 6.07 Å². The molecule has 8 nitrogen and oxygen atoms in total. The van der Waals surface area contributed by atoms with Crippen LogP contribution in [0.2, 0.25) is 0 Å². The number of hydrogen-bond donors (Lipinski definition) is 0. The minimum absolute atomic E-state index is 0.0306. The van der Waals surface area contributed by atoms with Gasteiger partial charge >= 0.3 is 6.18 Å². The van der Waals surface area contributed by atoms with Crippen molar-refractivity contribution < 1.29 is 32.4 Å². The molecule has 1 aromatic carbocycles. The second-order valence-electron chi connectivity index (χ2n) is 5.36. The van der Waals surface area contributed by atoms with Gasteiger partial charge in [0.25, 0.3) is 11.6 Å². The standard InChI is InChI=1S/C14H14F3N3O5/c1-18(5-4-14(15,16)17)12(21)7-19-10-6-9(20(23)24)2-3-11(10)25-8-13(19)22/h2-3,6H,4-5,7-8H2,1H3. The summed E-state index contributed by atoms with van der Waals surface area (Å²) in [6.45, 7) is -1.46. The number of anilines is 1. The minimum atomic E-state index is -4.41. The van der Waals surface area contributed by atoms with Crippen molar-refractivity contribution in [2.75, 3.05) is 31.6 Å². The summed E-state index contributed by atoms with van der Waals surface area (Å²) in [5.74, 6) is -1.17. The largest absolute Gasteiger partial charge is 0.482 e. The molecule has 0 radical (unpaired) electrons. The number of likely N-dealkylation sites (N-methyl/N-ethyl adjacent to an activating group) is 1. The number of benzene rings is 1. The van der Waals surface area contributed by atoms with Crippen LogP contribution in [0.3, 0.4) is 0 Å². The Morgan fingerprint density at radius 3 is 2.72 bits per heavy atom. The minimum Gasteiger partial charge on any atom is -0.482 e. The highest BCUT2D eigenvalue weighted by Crippen LogP contribution is 2.35. The van der Waals surface area contributed by atoms with Gasteiger partial charge in [0.1, 0.15) is 12.3 Å². The van der Waals surface area contributed by atoms with Crippen LogP contribution in [-0.2, 0) is 9.59 Å². The molecule has 136 valence electrons. The molecule has 0 bridgehead atoms. The predicted octanol–water partition coefficient (Wildman–Crippen LogP) is 1.73. The number of non-ortho nitro benzene ring substituents is 1. The number of hydrogen-bond acceptors (Lipinski definition) is 5. The van der Waals surface area contributed by atoms with Gasteiger partial charge < -0.3 is 9.64 Å². The lowest BCUT2D eigenvalue weighted by molar-refractivity contribution is -0.384. The van der Waals surface area contributed by atoms with Gasteiger partial charge in [0.05, 0.1) is 17.0 Å². The van der Waals surface area contributed by atoms with Crippen LogP contribution in [0.1, 0.15) is 6.42 Å². The number of carbonyl (C=O) groups is 2. The summed E-state index contributed by atoms with van der Waals surface area (Å²) in [4.78, 5) is 36.1. The number of alkyl halides is 3. The van der Waals surface area contributed by atoms with Gasteiger partial charge in [-0.25, -0.2) is 0 Å². The number of ether oxygens (including phenoxy) is 1. The molecule has 0 fully saturated rings. The molecule has 2 amide bonds. The van der Waals surface area contributed by atoms with Crippen molar-refractivity contribution in [1.29, 1.82) is 0 Å². The van der Waals surface area contributed by atoms with Crippen LogP contribution in [-0.4, -0.2) is 54.6 Å². The summed E-state index contributed by atoms with van der Waals surface area (Å²) >= 11 is 0. The summed E-state index contributed by atoms with van der Waals surface area (Å²) in [5.41, 5.74) is -0.275. The fraction of sp³-hybridized carbons (Fsp3) is 0.429. The summed E-state index contributed by atoms with van der Waals surface area (Å²) < 4.78 is 41.9. The van der Waals surface area contributed by atoms with Crippen molar-refractivity contribution >= 4 is 23.2 Å². The number of fused-ring (bicyclic) bond motifs is 1. The molecule has 1 aromatic rings. The third-order valence-electron chi connectivity index (χ3n) is 3.55. The predicted molar refractivity (Wildman–Crippen MR) is 79.3 cm³/mol. The second-order valence-corrected chi connectivity index (χ2v) is 5.36. The van der Waals surface area contributed by atoms with Gasteiger partial charge in [-0.15, -0.1) is 0 Å². The van der Waals surface area contributed by atoms with E-state index in [0.717, 1.165) is 15.9 Å². The second kappa shape index (κ2) is 6.95. The fourth-order valence-corrected chi connectivity index (χ4v) is 2.15. The van der Waals surface area contributed by atoms with Gasteiger partial charge in [0, 0.05) is 25.7 Å². The van der Waals surface area contributed by atoms with E-state index in [4.69, 9.17) is 4.74 Å². The number of nitro benzene ring substituents is 1. The molecule has 0 aliphatic carbocycles. The number of carbonyl (C=O) groups excluding carboxylic acids is 2. The van der Waals surface area contributed by atoms with Crippen molar-refractivity contribution in [1.82, 2.24) is 4.90 Å². The highest BCUT2D eigenvalue weighted by Gasteiger charge is 2.31. The van der Waals surface area contributed by atoms with Crippen molar-refractivity contribution in [2.45, 2.75) is 12.6 Å². The first-order chi connectivity index (χ1) is 11.6. The van der Waals surface area contributed by atoms with E-state index in [1.807, 2.05) is 0 Å². The Balaban J connectivity index is 2.16. The van der Waals surface area contributed by atoms with Crippen LogP contribution in [0.15, 0.2) is 18.2 Å². The Labute approximate surface area is 139 Å². The lowest BCUT2D eigenvalue weighted by Crippen LogP contribution is -2.46. The van der Waals surface area contributed by atoms with Gasteiger partial charge in [-0.2, -0.15) is 13.2 Å². The lowest BCUT2D eigenvalue weighted by atomic mass is 10.2. The summed E-state index contributed by atoms with van der Waals surface area (Å²) in [6.07, 6.45) is -5.58. The van der Waals surface area contributed by atoms with E-state index in [0.29, 0.717) is 0 Å². The highest BCUT2D eigenvalue weighted by atomic mass is 19.4. The topological polar surface area (TPSA) is 93.0 Å². The highest BCUT2D eigenvalue weighted by molar-refractivity contribution is 6.02. The van der Waals surface area contributed by atoms with Gasteiger partial charge in [-0.1, -0.05) is 0 Å². The molecule has 1 aliphatic rings. The van der Waals surface area contributed by atoms with Gasteiger partial charge in [0.15, 0.2) is 6.61 Å². The van der Waals surface area contributed by atoms with Crippen molar-refractivity contribution in [3.05, 3.63) is 28.3 Å². The number of rotatable bonds is 5. The molecular weight excluding hydrogens is 347 g/mol. The number of halogens is 3. The van der Waals surface area contributed by atoms with Crippen molar-refractivity contribution in [2.24, 2.45) is 0 Å². The number of nitro groups is 1. The molecule has 1 aliphatic heterocycles. The van der Waals surface area contributed by atoms with Crippen LogP contribution in [0.4, 0.5) is 24.5 Å². The van der Waals surface area contributed by atoms with E-state index in [1.165, 1.54) is 19.2 Å². The molecule has 25 heavy (non-hydrogen) atoms. The molecule has 0 saturated carbocycles. The first-order valence-corrected chi connectivity index (χ1v) is 7.11. The quantitative estimate of drug-likeness (QED) is 0.588. The Morgan fingerprint density at radius 1 is 1.44 bits per heavy atom. The van der Waals surface area contributed by atoms with Gasteiger partial charge in [0.2, 0.25) is 5.91 Å². The van der Waals surface area contributed by atoms with Crippen LogP contribution in [0.5, 0.6) is 5.75 Å². The van der Waals surface area contributed by atoms with E-state index in [1.54, 1.807) is 0 Å². The maximum Gasteiger partial charge on any atom is 0.390 e. The Kier molecular flexibility index (Phi) is 5.14. The van der Waals surface area contributed by atoms with Crippen molar-refractivity contribution in [3.63, 3.8) is 0 Å². The third-order valence-corrected chi connectivity index (χ3v) is 3.55. The Bertz CT molecular complexity index is 707. The van der Waals surface area contributed by atoms with E-state index in [9.17, 15) is 32.9 Å². The van der Waals surface area contributed by atoms with E-state index < -0.39 is 42.4 Å². The van der Waals surface area contributed by atoms with Crippen molar-refractivity contribution in [3.8, 4) is 5.75 Å². The number of amides is 2. The summed E-state index contributed by atoms with van der Waals surface area (Å²) in [7, 11) is 1.19. The zero-order valence-corrected chi connectivity index (χ0v) is 13.1. The third kappa shape index (κ3) is 4.58. The Morgan fingerprint density at radius 2 is 2.12 bits per heavy atom. The molecule has 1 heterocycles. The molecule has 2 rings (SSSR count). The average molecular weight is 361 g/mol. The first kappa shape index (κ1) is 18.5. The molecule has 0 N–H and O–H groups in total. The summed E-state index contributed by atoms with van der Waals surface area (Å²) in [6, 6.07) is 3.56. The zero-order valence-electron chi connectivity index (χ0n) is 13.1. The van der Waals surface area contributed by atoms with E-state index in [2.05, 4.69) is 0 Å². The average Bonchev–Trinajstić information content (AvgIpc) is 2.53. The smallest absolute Gasteiger partial charge is 0.390 e. The maximum absolute atomic E-state index is 12.2. The van der Waals surface area contributed by atoms with Crippen LogP contribution >= 0.6 is 0 Å². The van der Waals surface area contributed by atoms with E-state index >= 15 is 0 Å². The monoisotopic (exact) mass is 361 g/mol. The van der Waals surface area contributed by atoms with Crippen LogP contribution in [0.25, 0.3) is 0 Å². The van der Waals surface area contributed by atoms with E-state index in [-0.39, 0.29) is 23.7 Å². The summed E-state index contributed by atoms with van der Waals surface area (Å²) in [5, 5.41) is 10.9. The van der Waals surface area contributed by atoms with Crippen LogP contribution < -0.4 is 9.64 Å². The molecule has 0 atom stereocenters. The molecular formula is C14H14F3N3O5. The first-order valence-electron chi connectivity index (χ1n) is 7.11. The SMILES string of the molecule is CN(CCC(F)(F)F)C(=O)CN1C(=O)COc2ccc([N+](=O)[O-])cc21. The zero-order chi connectivity index (χ0) is 18.8. The molecule has 0 aromatic heterocycles. The molecule has 0 saturated heterocycles. The Hall–Kier alpha value is -2.85. The molecule has 0 spiro atoms. The maximum atomic E-state index is 12.2. The van der Waals surface area contributed by atoms with Gasteiger partial charge in [-0.3, -0.25) is 24.6 Å². The van der Waals surface area contributed by atoms with Crippen LogP contribution in [0, 0.1) is 10.1 Å². The lowest BCUT2D eigenvalue weighted by Gasteiger charge is -2.30.